The van der Waals surface area contributed by atoms with Gasteiger partial charge in [-0.25, -0.2) is 0 Å². The first-order valence-corrected chi connectivity index (χ1v) is 19.1. The fraction of sp³-hybridized carbons (Fsp3) is 0.386. The molecule has 1 atom stereocenters. The topological polar surface area (TPSA) is 183 Å². The summed E-state index contributed by atoms with van der Waals surface area (Å²) < 4.78 is 5.48. The second kappa shape index (κ2) is 31.9. The maximum atomic E-state index is 12.5. The summed E-state index contributed by atoms with van der Waals surface area (Å²) in [4.78, 5) is 60.1. The van der Waals surface area contributed by atoms with E-state index in [1.807, 2.05) is 33.8 Å². The molecule has 2 rings (SSSR count). The molecule has 298 valence electrons. The van der Waals surface area contributed by atoms with Crippen LogP contribution in [0.5, 0.6) is 5.75 Å². The van der Waals surface area contributed by atoms with Crippen LogP contribution in [0.2, 0.25) is 0 Å². The van der Waals surface area contributed by atoms with E-state index in [0.717, 1.165) is 38.5 Å². The highest BCUT2D eigenvalue weighted by Crippen LogP contribution is 2.27. The third-order valence-corrected chi connectivity index (χ3v) is 7.16. The largest absolute Gasteiger partial charge is 0.426 e. The van der Waals surface area contributed by atoms with Gasteiger partial charge in [0.25, 0.3) is 5.91 Å². The Morgan fingerprint density at radius 2 is 1.24 bits per heavy atom. The van der Waals surface area contributed by atoms with Crippen molar-refractivity contribution in [2.24, 2.45) is 21.7 Å². The molecule has 1 unspecified atom stereocenters. The van der Waals surface area contributed by atoms with Crippen LogP contribution in [0.3, 0.4) is 0 Å². The number of ether oxygens (including phenoxy) is 1. The van der Waals surface area contributed by atoms with E-state index in [4.69, 9.17) is 16.2 Å². The molecule has 0 fully saturated rings. The van der Waals surface area contributed by atoms with Crippen molar-refractivity contribution in [2.45, 2.75) is 112 Å². The Balaban J connectivity index is 0.00000704. The Labute approximate surface area is 327 Å². The zero-order valence-electron chi connectivity index (χ0n) is 33.5. The Hall–Kier alpha value is -5.55. The van der Waals surface area contributed by atoms with Crippen LogP contribution in [0.1, 0.15) is 126 Å². The zero-order chi connectivity index (χ0) is 41.3. The van der Waals surface area contributed by atoms with Gasteiger partial charge >= 0.3 is 5.97 Å². The SMILES string of the molecule is CC.CC.CC/C=C\C/C=C\C/C=C\C/C=C\C/C=C\CCCC(=O)Oc1ccc(N=Nc2ccc(C(=O)NC(=O)C(N)CCC(N)=O)cc2)cc1C(C)=O. The number of nitrogens with two attached hydrogens (primary N) is 2. The van der Waals surface area contributed by atoms with Crippen LogP contribution in [0, 0.1) is 0 Å². The number of allylic oxidation sites excluding steroid dienone is 10. The van der Waals surface area contributed by atoms with Gasteiger partial charge in [0.15, 0.2) is 5.78 Å². The number of primary amides is 1. The van der Waals surface area contributed by atoms with Crippen LogP contribution in [0.15, 0.2) is 113 Å². The predicted molar refractivity (Wildman–Crippen MR) is 223 cm³/mol. The number of nitrogens with one attached hydrogen (secondary N) is 1. The van der Waals surface area contributed by atoms with Gasteiger partial charge in [-0.15, -0.1) is 0 Å². The number of amides is 3. The van der Waals surface area contributed by atoms with Crippen LogP contribution in [-0.4, -0.2) is 35.5 Å². The van der Waals surface area contributed by atoms with Crippen LogP contribution in [0.4, 0.5) is 11.4 Å². The molecular weight excluding hydrogens is 695 g/mol. The molecule has 0 saturated carbocycles. The van der Waals surface area contributed by atoms with Crippen molar-refractivity contribution in [3.8, 4) is 5.75 Å². The van der Waals surface area contributed by atoms with Gasteiger partial charge in [0, 0.05) is 18.4 Å². The third-order valence-electron chi connectivity index (χ3n) is 7.16. The Kier molecular flexibility index (Phi) is 28.7. The van der Waals surface area contributed by atoms with E-state index in [9.17, 15) is 24.0 Å². The van der Waals surface area contributed by atoms with E-state index in [1.165, 1.54) is 43.3 Å². The number of imide groups is 1. The van der Waals surface area contributed by atoms with Gasteiger partial charge in [0.1, 0.15) is 5.75 Å². The Morgan fingerprint density at radius 1 is 0.727 bits per heavy atom. The van der Waals surface area contributed by atoms with Gasteiger partial charge in [-0.2, -0.15) is 10.2 Å². The first-order valence-electron chi connectivity index (χ1n) is 19.1. The van der Waals surface area contributed by atoms with Crippen molar-refractivity contribution in [3.05, 3.63) is 114 Å². The van der Waals surface area contributed by atoms with Crippen molar-refractivity contribution in [3.63, 3.8) is 0 Å². The minimum atomic E-state index is -1.05. The quantitative estimate of drug-likeness (QED) is 0.0267. The molecule has 55 heavy (non-hydrogen) atoms. The lowest BCUT2D eigenvalue weighted by Crippen LogP contribution is -2.43. The minimum Gasteiger partial charge on any atom is -0.426 e. The minimum absolute atomic E-state index is 0.0228. The lowest BCUT2D eigenvalue weighted by Gasteiger charge is -2.10. The molecule has 3 amide bonds. The first-order chi connectivity index (χ1) is 26.6. The molecule has 0 aliphatic carbocycles. The summed E-state index contributed by atoms with van der Waals surface area (Å²) in [5, 5.41) is 10.5. The van der Waals surface area contributed by atoms with Gasteiger partial charge in [-0.3, -0.25) is 29.3 Å². The number of Topliss-reactive ketones (excluding diaryl/α,β-unsaturated/α-hetero) is 1. The van der Waals surface area contributed by atoms with Gasteiger partial charge in [-0.1, -0.05) is 95.4 Å². The summed E-state index contributed by atoms with van der Waals surface area (Å²) in [7, 11) is 0. The highest BCUT2D eigenvalue weighted by Gasteiger charge is 2.18. The standard InChI is InChI=1S/C40H49N5O6.2C2H6/c1-3-4-5-6-7-8-9-10-11-12-13-14-15-16-17-18-19-20-38(48)51-36-27-25-33(29-34(36)30(2)46)45-44-32-23-21-31(22-24-32)39(49)43-40(50)35(41)26-28-37(42)47;2*1-2/h4-5,7-8,10-11,13-14,16-17,21-25,27,29,35H,3,6,9,12,15,18-20,26,28,41H2,1-2H3,(H2,42,47)(H,43,49,50);2*1-2H3/b5-4-,8-7-,11-10-,14-13-,17-16-,45-44?;;. The van der Waals surface area contributed by atoms with Crippen molar-refractivity contribution < 1.29 is 28.7 Å². The summed E-state index contributed by atoms with van der Waals surface area (Å²) in [6.45, 7) is 11.5. The summed E-state index contributed by atoms with van der Waals surface area (Å²) in [6.07, 6.45) is 27.6. The normalized spacial score (nSPS) is 11.8. The van der Waals surface area contributed by atoms with E-state index in [-0.39, 0.29) is 41.9 Å². The molecule has 0 saturated heterocycles. The van der Waals surface area contributed by atoms with Gasteiger partial charge in [0.05, 0.1) is 23.0 Å². The highest BCUT2D eigenvalue weighted by molar-refractivity contribution is 6.06. The lowest BCUT2D eigenvalue weighted by atomic mass is 10.1. The fourth-order valence-electron chi connectivity index (χ4n) is 4.35. The van der Waals surface area contributed by atoms with Crippen molar-refractivity contribution in [2.75, 3.05) is 0 Å². The molecule has 0 radical (unpaired) electrons. The summed E-state index contributed by atoms with van der Waals surface area (Å²) in [5.74, 6) is -2.55. The van der Waals surface area contributed by atoms with Crippen LogP contribution < -0.4 is 21.5 Å². The monoisotopic (exact) mass is 755 g/mol. The van der Waals surface area contributed by atoms with Gasteiger partial charge in [0.2, 0.25) is 11.8 Å². The number of esters is 1. The zero-order valence-corrected chi connectivity index (χ0v) is 33.5. The molecule has 11 nitrogen and oxygen atoms in total. The van der Waals surface area contributed by atoms with Gasteiger partial charge < -0.3 is 16.2 Å². The molecule has 0 heterocycles. The summed E-state index contributed by atoms with van der Waals surface area (Å²) in [5.41, 5.74) is 11.9. The van der Waals surface area contributed by atoms with E-state index >= 15 is 0 Å². The molecule has 0 aliphatic rings. The molecular formula is C44H61N5O6. The number of carbonyl (C=O) groups excluding carboxylic acids is 5. The highest BCUT2D eigenvalue weighted by atomic mass is 16.5. The number of unbranched alkanes of at least 4 members (excludes halogenated alkanes) is 1. The molecule has 2 aromatic carbocycles. The number of nitrogens with zero attached hydrogens (tertiary/aromatic N) is 2. The molecule has 0 aromatic heterocycles. The number of azo groups is 1. The number of carbonyl (C=O) groups is 5. The lowest BCUT2D eigenvalue weighted by molar-refractivity contribution is -0.134. The molecule has 0 bridgehead atoms. The number of hydrogen-bond donors (Lipinski definition) is 3. The summed E-state index contributed by atoms with van der Waals surface area (Å²) in [6, 6.07) is 9.48. The fourth-order valence-corrected chi connectivity index (χ4v) is 4.35. The molecule has 0 aliphatic heterocycles. The predicted octanol–water partition coefficient (Wildman–Crippen LogP) is 10.0. The Morgan fingerprint density at radius 3 is 1.76 bits per heavy atom. The van der Waals surface area contributed by atoms with E-state index in [2.05, 4.69) is 77.2 Å². The van der Waals surface area contributed by atoms with E-state index in [1.54, 1.807) is 6.07 Å². The maximum absolute atomic E-state index is 12.5. The Bertz CT molecular complexity index is 1640. The summed E-state index contributed by atoms with van der Waals surface area (Å²) >= 11 is 0. The average Bonchev–Trinajstić information content (AvgIpc) is 3.19. The molecule has 5 N–H and O–H groups in total. The maximum Gasteiger partial charge on any atom is 0.311 e. The van der Waals surface area contributed by atoms with Gasteiger partial charge in [-0.05, 0) is 101 Å². The number of benzene rings is 2. The smallest absolute Gasteiger partial charge is 0.311 e. The first kappa shape index (κ1) is 49.5. The average molecular weight is 756 g/mol. The van der Waals surface area contributed by atoms with Crippen LogP contribution >= 0.6 is 0 Å². The van der Waals surface area contributed by atoms with E-state index in [0.29, 0.717) is 17.8 Å². The second-order valence-corrected chi connectivity index (χ2v) is 11.5. The van der Waals surface area contributed by atoms with Crippen LogP contribution in [-0.2, 0) is 14.4 Å². The number of rotatable bonds is 22. The van der Waals surface area contributed by atoms with Crippen LogP contribution in [0.25, 0.3) is 0 Å². The van der Waals surface area contributed by atoms with E-state index < -0.39 is 29.7 Å². The molecule has 2 aromatic rings. The number of ketones is 1. The molecule has 0 spiro atoms. The van der Waals surface area contributed by atoms with Crippen molar-refractivity contribution in [1.82, 2.24) is 5.32 Å². The number of hydrogen-bond acceptors (Lipinski definition) is 9. The second-order valence-electron chi connectivity index (χ2n) is 11.5. The molecule has 11 heteroatoms. The third kappa shape index (κ3) is 23.7. The van der Waals surface area contributed by atoms with Crippen molar-refractivity contribution >= 4 is 40.8 Å². The van der Waals surface area contributed by atoms with Crippen molar-refractivity contribution in [1.29, 1.82) is 0 Å².